The number of halogens is 2. The van der Waals surface area contributed by atoms with Gasteiger partial charge in [0.1, 0.15) is 0 Å². The van der Waals surface area contributed by atoms with Crippen LogP contribution in [-0.2, 0) is 4.79 Å². The molecule has 0 amide bonds. The second-order valence-corrected chi connectivity index (χ2v) is 4.92. The minimum atomic E-state index is -2.54. The maximum Gasteiger partial charge on any atom is 0.304 e. The van der Waals surface area contributed by atoms with Crippen molar-refractivity contribution in [1.29, 1.82) is 0 Å². The molecule has 0 spiro atoms. The Labute approximate surface area is 93.4 Å². The molecule has 1 heterocycles. The minimum absolute atomic E-state index is 0.000930. The van der Waals surface area contributed by atoms with Crippen LogP contribution in [0, 0.1) is 11.8 Å². The molecule has 2 fully saturated rings. The van der Waals surface area contributed by atoms with E-state index >= 15 is 0 Å². The van der Waals surface area contributed by atoms with Crippen molar-refractivity contribution in [2.75, 3.05) is 19.6 Å². The molecule has 3 nitrogen and oxygen atoms in total. The van der Waals surface area contributed by atoms with E-state index in [1.807, 2.05) is 4.90 Å². The van der Waals surface area contributed by atoms with Crippen molar-refractivity contribution in [3.8, 4) is 0 Å². The first-order valence-electron chi connectivity index (χ1n) is 5.81. The van der Waals surface area contributed by atoms with Gasteiger partial charge in [0.2, 0.25) is 0 Å². The van der Waals surface area contributed by atoms with E-state index in [0.717, 1.165) is 6.42 Å². The first-order chi connectivity index (χ1) is 7.49. The fourth-order valence-corrected chi connectivity index (χ4v) is 2.95. The van der Waals surface area contributed by atoms with Gasteiger partial charge >= 0.3 is 5.97 Å². The summed E-state index contributed by atoms with van der Waals surface area (Å²) in [6.45, 7) is 1.41. The summed E-state index contributed by atoms with van der Waals surface area (Å²) in [6.07, 6.45) is 1.51. The van der Waals surface area contributed by atoms with Gasteiger partial charge in [0.15, 0.2) is 0 Å². The largest absolute Gasteiger partial charge is 0.481 e. The van der Waals surface area contributed by atoms with Crippen LogP contribution < -0.4 is 0 Å². The molecule has 0 aromatic carbocycles. The minimum Gasteiger partial charge on any atom is -0.481 e. The van der Waals surface area contributed by atoms with Crippen LogP contribution in [0.3, 0.4) is 0 Å². The number of hydrogen-bond donors (Lipinski definition) is 1. The number of carboxylic acid groups (broad SMARTS) is 1. The quantitative estimate of drug-likeness (QED) is 0.808. The lowest BCUT2D eigenvalue weighted by Crippen LogP contribution is -2.37. The highest BCUT2D eigenvalue weighted by molar-refractivity contribution is 5.66. The molecule has 2 aliphatic rings. The highest BCUT2D eigenvalue weighted by Crippen LogP contribution is 2.45. The number of fused-ring (bicyclic) bond motifs is 1. The zero-order valence-electron chi connectivity index (χ0n) is 9.16. The Bertz CT molecular complexity index is 283. The van der Waals surface area contributed by atoms with Crippen LogP contribution in [0.1, 0.15) is 25.7 Å². The van der Waals surface area contributed by atoms with Crippen molar-refractivity contribution in [2.24, 2.45) is 11.8 Å². The molecule has 2 atom stereocenters. The second-order valence-electron chi connectivity index (χ2n) is 4.92. The molecular weight excluding hydrogens is 216 g/mol. The lowest BCUT2D eigenvalue weighted by molar-refractivity contribution is -0.137. The molecule has 1 saturated carbocycles. The van der Waals surface area contributed by atoms with Crippen LogP contribution in [0.2, 0.25) is 0 Å². The Kier molecular flexibility index (Phi) is 3.15. The fourth-order valence-electron chi connectivity index (χ4n) is 2.95. The van der Waals surface area contributed by atoms with Crippen molar-refractivity contribution in [3.05, 3.63) is 0 Å². The molecular formula is C11H17F2NO2. The molecule has 1 aliphatic carbocycles. The van der Waals surface area contributed by atoms with Gasteiger partial charge < -0.3 is 10.0 Å². The SMILES string of the molecule is O=C(O)CCN1C[C@H]2CCCC(F)(F)[C@@H]2C1. The predicted molar refractivity (Wildman–Crippen MR) is 54.5 cm³/mol. The van der Waals surface area contributed by atoms with Gasteiger partial charge in [-0.25, -0.2) is 8.78 Å². The Morgan fingerprint density at radius 1 is 1.44 bits per heavy atom. The molecule has 1 aliphatic heterocycles. The van der Waals surface area contributed by atoms with Crippen LogP contribution in [0.4, 0.5) is 8.78 Å². The molecule has 0 bridgehead atoms. The van der Waals surface area contributed by atoms with Crippen LogP contribution >= 0.6 is 0 Å². The number of hydrogen-bond acceptors (Lipinski definition) is 2. The van der Waals surface area contributed by atoms with Crippen molar-refractivity contribution in [3.63, 3.8) is 0 Å². The molecule has 1 saturated heterocycles. The molecule has 2 rings (SSSR count). The second kappa shape index (κ2) is 4.28. The Morgan fingerprint density at radius 2 is 2.19 bits per heavy atom. The molecule has 16 heavy (non-hydrogen) atoms. The van der Waals surface area contributed by atoms with Crippen LogP contribution in [-0.4, -0.2) is 41.5 Å². The summed E-state index contributed by atoms with van der Waals surface area (Å²) in [6, 6.07) is 0. The Hall–Kier alpha value is -0.710. The third kappa shape index (κ3) is 2.34. The van der Waals surface area contributed by atoms with E-state index in [-0.39, 0.29) is 18.8 Å². The standard InChI is InChI=1S/C11H17F2NO2/c12-11(13)4-1-2-8-6-14(7-9(8)11)5-3-10(15)16/h8-9H,1-7H2,(H,15,16)/t8-,9-/m1/s1. The van der Waals surface area contributed by atoms with Crippen molar-refractivity contribution >= 4 is 5.97 Å². The maximum atomic E-state index is 13.6. The zero-order chi connectivity index (χ0) is 11.8. The molecule has 0 aromatic heterocycles. The third-order valence-corrected chi connectivity index (χ3v) is 3.79. The topological polar surface area (TPSA) is 40.5 Å². The smallest absolute Gasteiger partial charge is 0.304 e. The van der Waals surface area contributed by atoms with Gasteiger partial charge in [-0.05, 0) is 18.8 Å². The summed E-state index contributed by atoms with van der Waals surface area (Å²) < 4.78 is 27.2. The number of likely N-dealkylation sites (tertiary alicyclic amines) is 1. The first kappa shape index (κ1) is 11.8. The maximum absolute atomic E-state index is 13.6. The van der Waals surface area contributed by atoms with Gasteiger partial charge in [-0.3, -0.25) is 4.79 Å². The van der Waals surface area contributed by atoms with Crippen LogP contribution in [0.25, 0.3) is 0 Å². The van der Waals surface area contributed by atoms with E-state index in [1.54, 1.807) is 0 Å². The van der Waals surface area contributed by atoms with E-state index in [9.17, 15) is 13.6 Å². The van der Waals surface area contributed by atoms with Gasteiger partial charge in [-0.15, -0.1) is 0 Å². The van der Waals surface area contributed by atoms with Gasteiger partial charge in [0.05, 0.1) is 6.42 Å². The number of carboxylic acids is 1. The van der Waals surface area contributed by atoms with Gasteiger partial charge in [-0.2, -0.15) is 0 Å². The van der Waals surface area contributed by atoms with Crippen LogP contribution in [0.15, 0.2) is 0 Å². The van der Waals surface area contributed by atoms with Crippen LogP contribution in [0.5, 0.6) is 0 Å². The Morgan fingerprint density at radius 3 is 2.81 bits per heavy atom. The average molecular weight is 233 g/mol. The highest BCUT2D eigenvalue weighted by atomic mass is 19.3. The van der Waals surface area contributed by atoms with Gasteiger partial charge in [-0.1, -0.05) is 0 Å². The molecule has 5 heteroatoms. The Balaban J connectivity index is 1.92. The number of aliphatic carboxylic acids is 1. The summed E-state index contributed by atoms with van der Waals surface area (Å²) in [5.41, 5.74) is 0. The van der Waals surface area contributed by atoms with Crippen molar-refractivity contribution in [2.45, 2.75) is 31.6 Å². The summed E-state index contributed by atoms with van der Waals surface area (Å²) in [5.74, 6) is -3.88. The van der Waals surface area contributed by atoms with Crippen molar-refractivity contribution in [1.82, 2.24) is 4.90 Å². The number of rotatable bonds is 3. The predicted octanol–water partition coefficient (Wildman–Crippen LogP) is 1.83. The zero-order valence-corrected chi connectivity index (χ0v) is 9.16. The molecule has 1 N–H and O–H groups in total. The van der Waals surface area contributed by atoms with E-state index in [0.29, 0.717) is 26.1 Å². The molecule has 92 valence electrons. The first-order valence-corrected chi connectivity index (χ1v) is 5.81. The van der Waals surface area contributed by atoms with Gasteiger partial charge in [0, 0.05) is 32.0 Å². The summed E-state index contributed by atoms with van der Waals surface area (Å²) in [4.78, 5) is 12.3. The third-order valence-electron chi connectivity index (χ3n) is 3.79. The molecule has 0 unspecified atom stereocenters. The monoisotopic (exact) mass is 233 g/mol. The molecule has 0 radical (unpaired) electrons. The van der Waals surface area contributed by atoms with Gasteiger partial charge in [0.25, 0.3) is 5.92 Å². The summed E-state index contributed by atoms with van der Waals surface area (Å²) >= 11 is 0. The average Bonchev–Trinajstić information content (AvgIpc) is 2.59. The summed E-state index contributed by atoms with van der Waals surface area (Å²) in [5, 5.41) is 8.56. The lowest BCUT2D eigenvalue weighted by atomic mass is 9.79. The van der Waals surface area contributed by atoms with E-state index in [2.05, 4.69) is 0 Å². The van der Waals surface area contributed by atoms with E-state index in [4.69, 9.17) is 5.11 Å². The lowest BCUT2D eigenvalue weighted by Gasteiger charge is -2.32. The van der Waals surface area contributed by atoms with E-state index in [1.165, 1.54) is 0 Å². The number of nitrogens with zero attached hydrogens (tertiary/aromatic N) is 1. The van der Waals surface area contributed by atoms with E-state index < -0.39 is 17.8 Å². The number of carbonyl (C=O) groups is 1. The highest BCUT2D eigenvalue weighted by Gasteiger charge is 2.50. The summed E-state index contributed by atoms with van der Waals surface area (Å²) in [7, 11) is 0. The normalized spacial score (nSPS) is 33.6. The van der Waals surface area contributed by atoms with Crippen molar-refractivity contribution < 1.29 is 18.7 Å². The molecule has 0 aromatic rings. The fraction of sp³-hybridized carbons (Fsp3) is 0.909. The number of alkyl halides is 2.